The van der Waals surface area contributed by atoms with E-state index < -0.39 is 7.60 Å². The van der Waals surface area contributed by atoms with Gasteiger partial charge in [0.05, 0.1) is 5.31 Å². The van der Waals surface area contributed by atoms with E-state index in [2.05, 4.69) is 6.58 Å². The Bertz CT molecular complexity index is 598. The van der Waals surface area contributed by atoms with Gasteiger partial charge in [-0.15, -0.1) is 0 Å². The molecule has 0 aliphatic heterocycles. The van der Waals surface area contributed by atoms with Crippen molar-refractivity contribution in [2.45, 2.75) is 0 Å². The van der Waals surface area contributed by atoms with Crippen molar-refractivity contribution in [3.63, 3.8) is 0 Å². The van der Waals surface area contributed by atoms with Crippen LogP contribution < -0.4 is 0 Å². The van der Waals surface area contributed by atoms with Crippen LogP contribution in [0.2, 0.25) is 0 Å². The molecular formula is C12H11O3P. The van der Waals surface area contributed by atoms with Gasteiger partial charge >= 0.3 is 7.60 Å². The molecule has 0 aliphatic rings. The van der Waals surface area contributed by atoms with Crippen molar-refractivity contribution in [3.05, 3.63) is 54.6 Å². The molecule has 0 fully saturated rings. The Hall–Kier alpha value is -1.41. The molecule has 0 heterocycles. The van der Waals surface area contributed by atoms with Crippen LogP contribution in [0.3, 0.4) is 0 Å². The third-order valence-electron chi connectivity index (χ3n) is 2.43. The smallest absolute Gasteiger partial charge is 0.321 e. The minimum Gasteiger partial charge on any atom is -0.321 e. The third-order valence-corrected chi connectivity index (χ3v) is 3.40. The van der Waals surface area contributed by atoms with Crippen molar-refractivity contribution in [1.82, 2.24) is 0 Å². The summed E-state index contributed by atoms with van der Waals surface area (Å²) in [7, 11) is -4.25. The van der Waals surface area contributed by atoms with Crippen molar-refractivity contribution in [1.29, 1.82) is 0 Å². The van der Waals surface area contributed by atoms with E-state index in [1.807, 2.05) is 30.3 Å². The van der Waals surface area contributed by atoms with Crippen LogP contribution in [0.4, 0.5) is 0 Å². The Morgan fingerprint density at radius 3 is 2.31 bits per heavy atom. The number of hydrogen-bond acceptors (Lipinski definition) is 1. The highest BCUT2D eigenvalue weighted by atomic mass is 31.2. The van der Waals surface area contributed by atoms with Crippen LogP contribution in [0.25, 0.3) is 16.1 Å². The summed E-state index contributed by atoms with van der Waals surface area (Å²) >= 11 is 0. The monoisotopic (exact) mass is 234 g/mol. The lowest BCUT2D eigenvalue weighted by molar-refractivity contribution is 0.388. The summed E-state index contributed by atoms with van der Waals surface area (Å²) in [4.78, 5) is 18.0. The Morgan fingerprint density at radius 1 is 1.06 bits per heavy atom. The molecule has 3 nitrogen and oxygen atoms in total. The first-order chi connectivity index (χ1) is 7.48. The van der Waals surface area contributed by atoms with E-state index in [1.54, 1.807) is 12.1 Å². The maximum atomic E-state index is 11.1. The molecule has 0 bridgehead atoms. The summed E-state index contributed by atoms with van der Waals surface area (Å²) in [5.41, 5.74) is 0.479. The zero-order chi connectivity index (χ0) is 11.8. The van der Waals surface area contributed by atoms with E-state index in [9.17, 15) is 4.57 Å². The third kappa shape index (κ3) is 2.07. The van der Waals surface area contributed by atoms with Crippen molar-refractivity contribution in [2.24, 2.45) is 0 Å². The SMILES string of the molecule is C=C(c1ccc2ccccc2c1)P(=O)(O)O. The highest BCUT2D eigenvalue weighted by Crippen LogP contribution is 2.49. The average molecular weight is 234 g/mol. The van der Waals surface area contributed by atoms with E-state index in [0.29, 0.717) is 5.56 Å². The van der Waals surface area contributed by atoms with E-state index >= 15 is 0 Å². The molecule has 2 N–H and O–H groups in total. The molecule has 4 heteroatoms. The van der Waals surface area contributed by atoms with E-state index in [0.717, 1.165) is 10.8 Å². The Morgan fingerprint density at radius 2 is 1.69 bits per heavy atom. The normalized spacial score (nSPS) is 11.6. The lowest BCUT2D eigenvalue weighted by Gasteiger charge is -2.08. The van der Waals surface area contributed by atoms with Gasteiger partial charge in [0.1, 0.15) is 0 Å². The highest BCUT2D eigenvalue weighted by Gasteiger charge is 2.19. The lowest BCUT2D eigenvalue weighted by atomic mass is 10.1. The van der Waals surface area contributed by atoms with Gasteiger partial charge in [-0.2, -0.15) is 0 Å². The van der Waals surface area contributed by atoms with Gasteiger partial charge in [-0.25, -0.2) is 0 Å². The average Bonchev–Trinajstić information content (AvgIpc) is 2.26. The molecule has 0 spiro atoms. The Balaban J connectivity index is 2.56. The maximum absolute atomic E-state index is 11.1. The van der Waals surface area contributed by atoms with Crippen molar-refractivity contribution in [3.8, 4) is 0 Å². The molecule has 16 heavy (non-hydrogen) atoms. The lowest BCUT2D eigenvalue weighted by Crippen LogP contribution is -1.85. The second-order valence-corrected chi connectivity index (χ2v) is 5.18. The van der Waals surface area contributed by atoms with Gasteiger partial charge in [-0.05, 0) is 22.4 Å². The molecule has 2 aromatic rings. The van der Waals surface area contributed by atoms with Crippen molar-refractivity contribution < 1.29 is 14.4 Å². The second kappa shape index (κ2) is 3.87. The first kappa shape index (κ1) is 11.1. The van der Waals surface area contributed by atoms with Gasteiger partial charge in [0.25, 0.3) is 0 Å². The number of benzene rings is 2. The summed E-state index contributed by atoms with van der Waals surface area (Å²) in [6, 6.07) is 12.9. The molecule has 0 amide bonds. The molecule has 0 aliphatic carbocycles. The van der Waals surface area contributed by atoms with Crippen LogP contribution in [-0.4, -0.2) is 9.79 Å². The van der Waals surface area contributed by atoms with Crippen LogP contribution in [0.1, 0.15) is 5.56 Å². The van der Waals surface area contributed by atoms with Crippen LogP contribution in [-0.2, 0) is 4.57 Å². The van der Waals surface area contributed by atoms with Crippen molar-refractivity contribution >= 4 is 23.7 Å². The van der Waals surface area contributed by atoms with Crippen LogP contribution in [0, 0.1) is 0 Å². The van der Waals surface area contributed by atoms with Gasteiger partial charge in [0.15, 0.2) is 0 Å². The maximum Gasteiger partial charge on any atom is 0.356 e. The molecule has 0 unspecified atom stereocenters. The minimum absolute atomic E-state index is 0.141. The molecule has 2 rings (SSSR count). The van der Waals surface area contributed by atoms with Gasteiger partial charge < -0.3 is 9.79 Å². The van der Waals surface area contributed by atoms with Gasteiger partial charge in [0, 0.05) is 0 Å². The zero-order valence-electron chi connectivity index (χ0n) is 8.50. The van der Waals surface area contributed by atoms with Gasteiger partial charge in [0.2, 0.25) is 0 Å². The molecule has 0 atom stereocenters. The van der Waals surface area contributed by atoms with Crippen LogP contribution in [0.5, 0.6) is 0 Å². The summed E-state index contributed by atoms with van der Waals surface area (Å²) in [6.45, 7) is 3.44. The molecule has 0 aromatic heterocycles. The van der Waals surface area contributed by atoms with E-state index in [4.69, 9.17) is 9.79 Å². The summed E-state index contributed by atoms with van der Waals surface area (Å²) < 4.78 is 11.1. The first-order valence-corrected chi connectivity index (χ1v) is 6.34. The Kier molecular flexibility index (Phi) is 2.68. The van der Waals surface area contributed by atoms with Crippen molar-refractivity contribution in [2.75, 3.05) is 0 Å². The molecule has 82 valence electrons. The molecule has 0 radical (unpaired) electrons. The largest absolute Gasteiger partial charge is 0.356 e. The quantitative estimate of drug-likeness (QED) is 0.785. The molecule has 0 saturated heterocycles. The van der Waals surface area contributed by atoms with Gasteiger partial charge in [-0.3, -0.25) is 4.57 Å². The van der Waals surface area contributed by atoms with Crippen LogP contribution in [0.15, 0.2) is 49.0 Å². The summed E-state index contributed by atoms with van der Waals surface area (Å²) in [6.07, 6.45) is 0. The summed E-state index contributed by atoms with van der Waals surface area (Å²) in [5.74, 6) is 0. The number of rotatable bonds is 2. The second-order valence-electron chi connectivity index (χ2n) is 3.55. The van der Waals surface area contributed by atoms with E-state index in [-0.39, 0.29) is 5.31 Å². The molecule has 2 aromatic carbocycles. The first-order valence-electron chi connectivity index (χ1n) is 4.73. The fourth-order valence-electron chi connectivity index (χ4n) is 1.54. The van der Waals surface area contributed by atoms with Gasteiger partial charge in [-0.1, -0.05) is 43.0 Å². The number of hydrogen-bond donors (Lipinski definition) is 2. The molecule has 0 saturated carbocycles. The Labute approximate surface area is 93.2 Å². The fraction of sp³-hybridized carbons (Fsp3) is 0. The topological polar surface area (TPSA) is 57.5 Å². The number of fused-ring (bicyclic) bond motifs is 1. The van der Waals surface area contributed by atoms with E-state index in [1.165, 1.54) is 0 Å². The molecular weight excluding hydrogens is 223 g/mol. The van der Waals surface area contributed by atoms with Crippen LogP contribution >= 0.6 is 7.60 Å². The highest BCUT2D eigenvalue weighted by molar-refractivity contribution is 7.63. The zero-order valence-corrected chi connectivity index (χ0v) is 9.39. The predicted molar refractivity (Wildman–Crippen MR) is 65.0 cm³/mol. The summed E-state index contributed by atoms with van der Waals surface area (Å²) in [5, 5.41) is 1.83. The predicted octanol–water partition coefficient (Wildman–Crippen LogP) is 2.99. The minimum atomic E-state index is -4.25. The fourth-order valence-corrected chi connectivity index (χ4v) is 2.01. The standard InChI is InChI=1S/C12H11O3P/c1-9(16(13,14)15)11-7-6-10-4-2-3-5-12(10)8-11/h2-8H,1H2,(H2,13,14,15).